The van der Waals surface area contributed by atoms with Gasteiger partial charge in [-0.2, -0.15) is 13.2 Å². The van der Waals surface area contributed by atoms with Crippen LogP contribution in [0.3, 0.4) is 0 Å². The molecular weight excluding hydrogens is 529 g/mol. The third kappa shape index (κ3) is 4.75. The highest BCUT2D eigenvalue weighted by Crippen LogP contribution is 2.41. The predicted octanol–water partition coefficient (Wildman–Crippen LogP) is 0.363. The van der Waals surface area contributed by atoms with Crippen molar-refractivity contribution in [1.82, 2.24) is 20.1 Å². The average Bonchev–Trinajstić information content (AvgIpc) is 3.37. The highest BCUT2D eigenvalue weighted by atomic mass is 32.2. The number of nitrogens with two attached hydrogens (primary N) is 1. The minimum atomic E-state index is -4.57. The van der Waals surface area contributed by atoms with Gasteiger partial charge in [-0.1, -0.05) is 5.16 Å². The van der Waals surface area contributed by atoms with E-state index in [-0.39, 0.29) is 40.7 Å². The van der Waals surface area contributed by atoms with Gasteiger partial charge >= 0.3 is 12.1 Å². The van der Waals surface area contributed by atoms with Crippen molar-refractivity contribution in [3.63, 3.8) is 0 Å². The van der Waals surface area contributed by atoms with Gasteiger partial charge in [0, 0.05) is 23.3 Å². The van der Waals surface area contributed by atoms with Crippen LogP contribution in [0.1, 0.15) is 12.1 Å². The zero-order chi connectivity index (χ0) is 26.4. The van der Waals surface area contributed by atoms with Crippen LogP contribution in [0.15, 0.2) is 33.5 Å². The van der Waals surface area contributed by atoms with E-state index < -0.39 is 59.2 Å². The Hall–Kier alpha value is -3.60. The number of carboxylic acids is 1. The molecule has 0 radical (unpaired) electrons. The molecule has 3 aliphatic heterocycles. The maximum atomic E-state index is 12.8. The summed E-state index contributed by atoms with van der Waals surface area (Å²) in [5, 5.41) is 24.9. The fraction of sp³-hybridized carbons (Fsp3) is 0.368. The molecule has 4 rings (SSSR count). The van der Waals surface area contributed by atoms with Crippen molar-refractivity contribution in [2.75, 3.05) is 24.6 Å². The number of allylic oxidation sites excluding steroid dienone is 1. The van der Waals surface area contributed by atoms with Gasteiger partial charge in [0.15, 0.2) is 10.8 Å². The summed E-state index contributed by atoms with van der Waals surface area (Å²) in [5.41, 5.74) is 4.69. The van der Waals surface area contributed by atoms with Gasteiger partial charge in [0.25, 0.3) is 11.8 Å². The fourth-order valence-electron chi connectivity index (χ4n) is 3.95. The van der Waals surface area contributed by atoms with Gasteiger partial charge in [-0.05, 0) is 18.1 Å². The number of fused-ring (bicyclic) bond motifs is 1. The van der Waals surface area contributed by atoms with Crippen LogP contribution in [0, 0.1) is 0 Å². The van der Waals surface area contributed by atoms with E-state index in [2.05, 4.69) is 15.5 Å². The van der Waals surface area contributed by atoms with Crippen molar-refractivity contribution >= 4 is 57.6 Å². The van der Waals surface area contributed by atoms with E-state index in [9.17, 15) is 42.7 Å². The lowest BCUT2D eigenvalue weighted by Crippen LogP contribution is -2.71. The number of carboxylic acid groups (broad SMARTS) is 1. The molecule has 0 aliphatic carbocycles. The number of hydrogen-bond acceptors (Lipinski definition) is 10. The van der Waals surface area contributed by atoms with E-state index in [1.54, 1.807) is 0 Å². The Kier molecular flexibility index (Phi) is 6.70. The second kappa shape index (κ2) is 9.45. The van der Waals surface area contributed by atoms with E-state index in [0.717, 1.165) is 28.0 Å². The second-order valence-corrected chi connectivity index (χ2v) is 9.82. The fourth-order valence-corrected chi connectivity index (χ4v) is 5.80. The molecule has 17 heteroatoms. The quantitative estimate of drug-likeness (QED) is 0.129. The first-order valence-electron chi connectivity index (χ1n) is 10.1. The Morgan fingerprint density at radius 3 is 2.67 bits per heavy atom. The Labute approximate surface area is 208 Å². The van der Waals surface area contributed by atoms with E-state index in [1.807, 2.05) is 0 Å². The number of halogens is 3. The second-order valence-electron chi connectivity index (χ2n) is 7.82. The zero-order valence-electron chi connectivity index (χ0n) is 18.0. The van der Waals surface area contributed by atoms with Crippen LogP contribution in [0.5, 0.6) is 0 Å². The van der Waals surface area contributed by atoms with Gasteiger partial charge in [-0.25, -0.2) is 9.78 Å². The molecule has 4 heterocycles. The summed E-state index contributed by atoms with van der Waals surface area (Å²) in [4.78, 5) is 55.1. The van der Waals surface area contributed by atoms with Crippen molar-refractivity contribution in [3.05, 3.63) is 34.0 Å². The Morgan fingerprint density at radius 2 is 2.08 bits per heavy atom. The standard InChI is InChI=1S/C19H17F3N6O6S2/c20-19(21,22)6-27-2-1-7(14(27)30)3-8-4-35-16-11(15(31)28(16)12(8)17(32)33)25-13(29)10(26-34)9-5-36-18(23)24-9/h3,5,11,16,34H,1-2,4,6H2,(H2,23,24)(H,25,29)(H,32,33)/b7-3?,26-10-/t11-,16-/m1/s1. The van der Waals surface area contributed by atoms with Crippen LogP contribution in [0.4, 0.5) is 18.3 Å². The molecule has 36 heavy (non-hydrogen) atoms. The average molecular weight is 547 g/mol. The highest BCUT2D eigenvalue weighted by Gasteiger charge is 2.54. The molecule has 1 aromatic rings. The summed E-state index contributed by atoms with van der Waals surface area (Å²) >= 11 is 2.09. The molecule has 1 aromatic heterocycles. The number of alkyl halides is 3. The van der Waals surface area contributed by atoms with Gasteiger partial charge < -0.3 is 26.3 Å². The van der Waals surface area contributed by atoms with Crippen LogP contribution < -0.4 is 11.1 Å². The van der Waals surface area contributed by atoms with Gasteiger partial charge in [0.1, 0.15) is 29.4 Å². The van der Waals surface area contributed by atoms with Crippen molar-refractivity contribution in [1.29, 1.82) is 0 Å². The van der Waals surface area contributed by atoms with Crippen molar-refractivity contribution < 1.29 is 42.7 Å². The number of thioether (sulfide) groups is 1. The lowest BCUT2D eigenvalue weighted by atomic mass is 10.0. The molecular formula is C19H17F3N6O6S2. The zero-order valence-corrected chi connectivity index (χ0v) is 19.6. The number of rotatable bonds is 6. The number of nitrogen functional groups attached to an aromatic ring is 1. The Balaban J connectivity index is 1.52. The maximum absolute atomic E-state index is 12.8. The summed E-state index contributed by atoms with van der Waals surface area (Å²) in [5.74, 6) is -4.01. The Bertz CT molecular complexity index is 1240. The first-order valence-corrected chi connectivity index (χ1v) is 12.1. The molecule has 0 saturated carbocycles. The summed E-state index contributed by atoms with van der Waals surface area (Å²) in [7, 11) is 0. The smallest absolute Gasteiger partial charge is 0.406 e. The van der Waals surface area contributed by atoms with Crippen molar-refractivity contribution in [3.8, 4) is 0 Å². The highest BCUT2D eigenvalue weighted by molar-refractivity contribution is 8.00. The SMILES string of the molecule is Nc1nc(/C(=N/O)C(=O)N[C@@H]2C(=O)N3C(C(=O)O)=C(C=C4CCN(CC(F)(F)F)C4=O)CS[C@H]23)cs1. The number of oxime groups is 1. The summed E-state index contributed by atoms with van der Waals surface area (Å²) in [6, 6.07) is -1.14. The molecule has 2 saturated heterocycles. The topological polar surface area (TPSA) is 179 Å². The minimum absolute atomic E-state index is 0.00353. The number of aromatic nitrogens is 1. The number of nitrogens with zero attached hydrogens (tertiary/aromatic N) is 4. The third-order valence-corrected chi connectivity index (χ3v) is 7.47. The van der Waals surface area contributed by atoms with E-state index >= 15 is 0 Å². The molecule has 0 bridgehead atoms. The van der Waals surface area contributed by atoms with E-state index in [4.69, 9.17) is 5.73 Å². The van der Waals surface area contributed by atoms with Crippen LogP contribution >= 0.6 is 23.1 Å². The molecule has 3 amide bonds. The largest absolute Gasteiger partial charge is 0.477 e. The number of anilines is 1. The third-order valence-electron chi connectivity index (χ3n) is 5.50. The predicted molar refractivity (Wildman–Crippen MR) is 120 cm³/mol. The number of thiazole rings is 1. The van der Waals surface area contributed by atoms with Gasteiger partial charge in [0.05, 0.1) is 0 Å². The number of carbonyl (C=O) groups excluding carboxylic acids is 3. The molecule has 0 aromatic carbocycles. The lowest BCUT2D eigenvalue weighted by Gasteiger charge is -2.49. The van der Waals surface area contributed by atoms with Crippen LogP contribution in [-0.4, -0.2) is 90.9 Å². The first-order chi connectivity index (χ1) is 16.9. The molecule has 2 fully saturated rings. The summed E-state index contributed by atoms with van der Waals surface area (Å²) in [6.07, 6.45) is -3.36. The lowest BCUT2D eigenvalue weighted by molar-refractivity contribution is -0.156. The van der Waals surface area contributed by atoms with Gasteiger partial charge in [0.2, 0.25) is 5.91 Å². The molecule has 12 nitrogen and oxygen atoms in total. The molecule has 0 unspecified atom stereocenters. The number of hydrogen-bond donors (Lipinski definition) is 4. The molecule has 0 spiro atoms. The number of aliphatic carboxylic acids is 1. The van der Waals surface area contributed by atoms with Gasteiger partial charge in [-0.3, -0.25) is 19.3 Å². The van der Waals surface area contributed by atoms with Crippen LogP contribution in [-0.2, 0) is 19.2 Å². The summed E-state index contributed by atoms with van der Waals surface area (Å²) < 4.78 is 38.0. The number of likely N-dealkylation sites (tertiary alicyclic amines) is 1. The number of β-lactam (4-membered cyclic amide) rings is 1. The van der Waals surface area contributed by atoms with Crippen LogP contribution in [0.2, 0.25) is 0 Å². The monoisotopic (exact) mass is 546 g/mol. The Morgan fingerprint density at radius 1 is 1.36 bits per heavy atom. The van der Waals surface area contributed by atoms with Crippen LogP contribution in [0.25, 0.3) is 0 Å². The molecule has 192 valence electrons. The minimum Gasteiger partial charge on any atom is -0.477 e. The normalized spacial score (nSPS) is 23.8. The maximum Gasteiger partial charge on any atom is 0.406 e. The van der Waals surface area contributed by atoms with E-state index in [1.165, 1.54) is 11.5 Å². The van der Waals surface area contributed by atoms with E-state index in [0.29, 0.717) is 4.90 Å². The van der Waals surface area contributed by atoms with Crippen molar-refractivity contribution in [2.24, 2.45) is 5.16 Å². The molecule has 3 aliphatic rings. The molecule has 2 atom stereocenters. The molecule has 5 N–H and O–H groups in total. The number of carbonyl (C=O) groups is 4. The van der Waals surface area contributed by atoms with Crippen molar-refractivity contribution in [2.45, 2.75) is 24.0 Å². The summed E-state index contributed by atoms with van der Waals surface area (Å²) in [6.45, 7) is -1.57. The number of nitrogens with one attached hydrogen (secondary N) is 1. The first kappa shape index (κ1) is 25.5. The number of amides is 3. The van der Waals surface area contributed by atoms with Gasteiger partial charge in [-0.15, -0.1) is 23.1 Å².